The van der Waals surface area contributed by atoms with Crippen LogP contribution in [0.3, 0.4) is 0 Å². The summed E-state index contributed by atoms with van der Waals surface area (Å²) >= 11 is 0. The first kappa shape index (κ1) is 16.5. The molecule has 1 aromatic carbocycles. The first-order chi connectivity index (χ1) is 11.7. The van der Waals surface area contributed by atoms with Crippen LogP contribution >= 0.6 is 0 Å². The zero-order chi connectivity index (χ0) is 16.8. The zero-order valence-corrected chi connectivity index (χ0v) is 13.9. The Morgan fingerprint density at radius 3 is 2.96 bits per heavy atom. The van der Waals surface area contributed by atoms with E-state index < -0.39 is 0 Å². The number of nitrogens with one attached hydrogen (secondary N) is 1. The van der Waals surface area contributed by atoms with Gasteiger partial charge in [0.2, 0.25) is 0 Å². The molecule has 6 heteroatoms. The third-order valence-electron chi connectivity index (χ3n) is 3.97. The average Bonchev–Trinajstić information content (AvgIpc) is 3.27. The van der Waals surface area contributed by atoms with E-state index in [1.54, 1.807) is 23.0 Å². The second-order valence-electron chi connectivity index (χ2n) is 6.07. The first-order valence-corrected chi connectivity index (χ1v) is 8.33. The molecule has 0 aliphatic carbocycles. The van der Waals surface area contributed by atoms with E-state index in [0.717, 1.165) is 25.2 Å². The van der Waals surface area contributed by atoms with Crippen LogP contribution < -0.4 is 10.1 Å². The monoisotopic (exact) mass is 329 g/mol. The van der Waals surface area contributed by atoms with Crippen molar-refractivity contribution in [2.45, 2.75) is 38.5 Å². The minimum Gasteiger partial charge on any atom is -0.491 e. The third-order valence-corrected chi connectivity index (χ3v) is 3.97. The molecule has 0 unspecified atom stereocenters. The van der Waals surface area contributed by atoms with E-state index >= 15 is 0 Å². The fourth-order valence-electron chi connectivity index (χ4n) is 2.71. The number of carbonyl (C=O) groups excluding carboxylic acids is 1. The number of ether oxygens (including phenoxy) is 2. The molecule has 1 aromatic heterocycles. The van der Waals surface area contributed by atoms with Crippen molar-refractivity contribution in [2.24, 2.45) is 0 Å². The Labute approximate surface area is 141 Å². The highest BCUT2D eigenvalue weighted by Gasteiger charge is 2.16. The lowest BCUT2D eigenvalue weighted by atomic mass is 10.2. The summed E-state index contributed by atoms with van der Waals surface area (Å²) in [5, 5.41) is 7.11. The number of carbonyl (C=O) groups is 1. The van der Waals surface area contributed by atoms with Crippen molar-refractivity contribution in [3.8, 4) is 5.75 Å². The van der Waals surface area contributed by atoms with E-state index in [1.165, 1.54) is 0 Å². The maximum Gasteiger partial charge on any atom is 0.251 e. The summed E-state index contributed by atoms with van der Waals surface area (Å²) in [5.74, 6) is 0.659. The zero-order valence-electron chi connectivity index (χ0n) is 13.9. The molecule has 2 atom stereocenters. The standard InChI is InChI=1S/C18H23N3O3/c1-14(12-21-10-3-9-19-21)20-18(22)15-5-7-16(8-6-15)24-13-17-4-2-11-23-17/h3,5-10,14,17H,2,4,11-13H2,1H3,(H,20,22)/t14-,17+/m0/s1. The summed E-state index contributed by atoms with van der Waals surface area (Å²) in [7, 11) is 0. The lowest BCUT2D eigenvalue weighted by Crippen LogP contribution is -2.35. The largest absolute Gasteiger partial charge is 0.491 e. The predicted octanol–water partition coefficient (Wildman–Crippen LogP) is 2.26. The van der Waals surface area contributed by atoms with Gasteiger partial charge < -0.3 is 14.8 Å². The Balaban J connectivity index is 1.47. The highest BCUT2D eigenvalue weighted by molar-refractivity contribution is 5.94. The molecule has 0 saturated carbocycles. The van der Waals surface area contributed by atoms with Crippen LogP contribution in [0.4, 0.5) is 0 Å². The van der Waals surface area contributed by atoms with Gasteiger partial charge in [-0.05, 0) is 50.1 Å². The summed E-state index contributed by atoms with van der Waals surface area (Å²) in [4.78, 5) is 12.3. The fourth-order valence-corrected chi connectivity index (χ4v) is 2.71. The van der Waals surface area contributed by atoms with Gasteiger partial charge in [0.15, 0.2) is 0 Å². The number of aromatic nitrogens is 2. The molecule has 2 heterocycles. The Morgan fingerprint density at radius 1 is 1.46 bits per heavy atom. The van der Waals surface area contributed by atoms with Crippen LogP contribution in [0, 0.1) is 0 Å². The molecule has 1 aliphatic rings. The van der Waals surface area contributed by atoms with Gasteiger partial charge in [0.05, 0.1) is 12.6 Å². The lowest BCUT2D eigenvalue weighted by molar-refractivity contribution is 0.0679. The van der Waals surface area contributed by atoms with Crippen molar-refractivity contribution < 1.29 is 14.3 Å². The van der Waals surface area contributed by atoms with Crippen LogP contribution in [0.25, 0.3) is 0 Å². The maximum atomic E-state index is 12.3. The normalized spacial score (nSPS) is 18.3. The van der Waals surface area contributed by atoms with Crippen LogP contribution in [0.2, 0.25) is 0 Å². The van der Waals surface area contributed by atoms with Gasteiger partial charge in [0, 0.05) is 30.6 Å². The van der Waals surface area contributed by atoms with Crippen LogP contribution in [0.15, 0.2) is 42.7 Å². The molecule has 1 aliphatic heterocycles. The van der Waals surface area contributed by atoms with Gasteiger partial charge in [0.1, 0.15) is 12.4 Å². The molecule has 24 heavy (non-hydrogen) atoms. The Hall–Kier alpha value is -2.34. The van der Waals surface area contributed by atoms with E-state index in [-0.39, 0.29) is 18.1 Å². The molecule has 3 rings (SSSR count). The smallest absolute Gasteiger partial charge is 0.251 e. The second kappa shape index (κ2) is 7.97. The number of amides is 1. The molecule has 0 bridgehead atoms. The van der Waals surface area contributed by atoms with Crippen LogP contribution in [-0.2, 0) is 11.3 Å². The molecule has 6 nitrogen and oxygen atoms in total. The Morgan fingerprint density at radius 2 is 2.29 bits per heavy atom. The average molecular weight is 329 g/mol. The van der Waals surface area contributed by atoms with Gasteiger partial charge in [-0.2, -0.15) is 5.10 Å². The Bertz CT molecular complexity index is 634. The SMILES string of the molecule is C[C@@H](Cn1cccn1)NC(=O)c1ccc(OC[C@H]2CCCO2)cc1. The Kier molecular flexibility index (Phi) is 5.48. The second-order valence-corrected chi connectivity index (χ2v) is 6.07. The van der Waals surface area contributed by atoms with Gasteiger partial charge in [-0.1, -0.05) is 0 Å². The van der Waals surface area contributed by atoms with E-state index in [4.69, 9.17) is 9.47 Å². The molecule has 1 amide bonds. The number of hydrogen-bond acceptors (Lipinski definition) is 4. The molecule has 0 spiro atoms. The number of benzene rings is 1. The quantitative estimate of drug-likeness (QED) is 0.846. The lowest BCUT2D eigenvalue weighted by Gasteiger charge is -2.14. The fraction of sp³-hybridized carbons (Fsp3) is 0.444. The first-order valence-electron chi connectivity index (χ1n) is 8.33. The van der Waals surface area contributed by atoms with Crippen molar-refractivity contribution in [1.29, 1.82) is 0 Å². The number of rotatable bonds is 7. The van der Waals surface area contributed by atoms with Crippen molar-refractivity contribution >= 4 is 5.91 Å². The van der Waals surface area contributed by atoms with Crippen LogP contribution in [0.1, 0.15) is 30.1 Å². The summed E-state index contributed by atoms with van der Waals surface area (Å²) in [6, 6.07) is 9.06. The van der Waals surface area contributed by atoms with Crippen molar-refractivity contribution in [1.82, 2.24) is 15.1 Å². The van der Waals surface area contributed by atoms with Crippen molar-refractivity contribution in [3.05, 3.63) is 48.3 Å². The van der Waals surface area contributed by atoms with E-state index in [0.29, 0.717) is 18.7 Å². The molecular formula is C18H23N3O3. The van der Waals surface area contributed by atoms with E-state index in [2.05, 4.69) is 10.4 Å². The number of nitrogens with zero attached hydrogens (tertiary/aromatic N) is 2. The summed E-state index contributed by atoms with van der Waals surface area (Å²) in [5.41, 5.74) is 0.617. The minimum absolute atomic E-state index is 0.00663. The van der Waals surface area contributed by atoms with Gasteiger partial charge in [-0.3, -0.25) is 9.48 Å². The highest BCUT2D eigenvalue weighted by Crippen LogP contribution is 2.16. The summed E-state index contributed by atoms with van der Waals surface area (Å²) < 4.78 is 13.0. The molecule has 1 fully saturated rings. The van der Waals surface area contributed by atoms with Gasteiger partial charge in [-0.15, -0.1) is 0 Å². The topological polar surface area (TPSA) is 65.4 Å². The third kappa shape index (κ3) is 4.58. The molecule has 2 aromatic rings. The van der Waals surface area contributed by atoms with E-state index in [9.17, 15) is 4.79 Å². The van der Waals surface area contributed by atoms with Crippen molar-refractivity contribution in [2.75, 3.05) is 13.2 Å². The van der Waals surface area contributed by atoms with E-state index in [1.807, 2.05) is 31.3 Å². The van der Waals surface area contributed by atoms with Gasteiger partial charge >= 0.3 is 0 Å². The molecule has 1 saturated heterocycles. The van der Waals surface area contributed by atoms with Gasteiger partial charge in [0.25, 0.3) is 5.91 Å². The number of hydrogen-bond donors (Lipinski definition) is 1. The van der Waals surface area contributed by atoms with Crippen LogP contribution in [0.5, 0.6) is 5.75 Å². The highest BCUT2D eigenvalue weighted by atomic mass is 16.5. The van der Waals surface area contributed by atoms with Gasteiger partial charge in [-0.25, -0.2) is 0 Å². The molecule has 1 N–H and O–H groups in total. The molecular weight excluding hydrogens is 306 g/mol. The predicted molar refractivity (Wildman–Crippen MR) is 90.1 cm³/mol. The minimum atomic E-state index is -0.0969. The van der Waals surface area contributed by atoms with Crippen LogP contribution in [-0.4, -0.2) is 41.0 Å². The maximum absolute atomic E-state index is 12.3. The molecule has 0 radical (unpaired) electrons. The summed E-state index contributed by atoms with van der Waals surface area (Å²) in [6.07, 6.45) is 5.95. The summed E-state index contributed by atoms with van der Waals surface area (Å²) in [6.45, 7) is 3.98. The molecule has 128 valence electrons. The van der Waals surface area contributed by atoms with Crippen molar-refractivity contribution in [3.63, 3.8) is 0 Å².